The molecule has 0 spiro atoms. The molecule has 3 aromatic rings. The lowest BCUT2D eigenvalue weighted by atomic mass is 10.0. The van der Waals surface area contributed by atoms with Crippen molar-refractivity contribution in [2.24, 2.45) is 5.92 Å². The third-order valence-electron chi connectivity index (χ3n) is 4.60. The molecule has 1 heterocycles. The summed E-state index contributed by atoms with van der Waals surface area (Å²) in [6.07, 6.45) is 0. The van der Waals surface area contributed by atoms with Crippen LogP contribution in [-0.2, 0) is 10.5 Å². The molecule has 0 bridgehead atoms. The topological polar surface area (TPSA) is 108 Å². The number of rotatable bonds is 8. The van der Waals surface area contributed by atoms with Crippen molar-refractivity contribution < 1.29 is 9.59 Å². The molecule has 1 unspecified atom stereocenters. The summed E-state index contributed by atoms with van der Waals surface area (Å²) in [6, 6.07) is 16.0. The van der Waals surface area contributed by atoms with E-state index >= 15 is 0 Å². The van der Waals surface area contributed by atoms with E-state index in [2.05, 4.69) is 26.9 Å². The van der Waals surface area contributed by atoms with Crippen LogP contribution in [-0.4, -0.2) is 28.1 Å². The Bertz CT molecular complexity index is 1140. The van der Waals surface area contributed by atoms with E-state index in [0.29, 0.717) is 22.0 Å². The zero-order chi connectivity index (χ0) is 23.1. The maximum atomic E-state index is 12.8. The van der Waals surface area contributed by atoms with Gasteiger partial charge in [-0.15, -0.1) is 10.2 Å². The number of benzene rings is 2. The van der Waals surface area contributed by atoms with Crippen molar-refractivity contribution in [3.8, 4) is 6.07 Å². The molecule has 0 aliphatic carbocycles. The minimum Gasteiger partial charge on any atom is -0.340 e. The van der Waals surface area contributed by atoms with E-state index in [9.17, 15) is 9.59 Å². The van der Waals surface area contributed by atoms with Gasteiger partial charge in [-0.2, -0.15) is 5.26 Å². The predicted octanol–water partition coefficient (Wildman–Crippen LogP) is 4.40. The average molecular weight is 466 g/mol. The number of hydrogen-bond acceptors (Lipinski definition) is 7. The highest BCUT2D eigenvalue weighted by Gasteiger charge is 2.25. The number of aromatic nitrogens is 2. The highest BCUT2D eigenvalue weighted by atomic mass is 32.2. The summed E-state index contributed by atoms with van der Waals surface area (Å²) >= 11 is 2.78. The molecule has 0 saturated heterocycles. The number of hydrogen-bond donors (Lipinski definition) is 2. The molecule has 9 heteroatoms. The lowest BCUT2D eigenvalue weighted by molar-refractivity contribution is -0.118. The largest absolute Gasteiger partial charge is 0.340 e. The van der Waals surface area contributed by atoms with Crippen LogP contribution in [0.4, 0.5) is 5.13 Å². The van der Waals surface area contributed by atoms with Crippen LogP contribution in [0.15, 0.2) is 52.9 Å². The Labute approximate surface area is 195 Å². The van der Waals surface area contributed by atoms with Gasteiger partial charge >= 0.3 is 0 Å². The maximum Gasteiger partial charge on any atom is 0.251 e. The standard InChI is InChI=1S/C23H23N5O2S2/c1-14(2)19(25-20(29)18-6-4-5-15(3)11-18)21(30)26-22-27-28-23(32-22)31-13-17-9-7-16(12-24)8-10-17/h4-11,14,19H,13H2,1-3H3,(H,25,29)(H,26,27,30). The van der Waals surface area contributed by atoms with Crippen LogP contribution in [0.5, 0.6) is 0 Å². The lowest BCUT2D eigenvalue weighted by Gasteiger charge is -2.21. The van der Waals surface area contributed by atoms with Gasteiger partial charge in [-0.05, 0) is 42.7 Å². The molecule has 0 saturated carbocycles. The molecule has 2 amide bonds. The number of nitriles is 1. The number of carbonyl (C=O) groups excluding carboxylic acids is 2. The van der Waals surface area contributed by atoms with Crippen molar-refractivity contribution in [2.45, 2.75) is 36.9 Å². The van der Waals surface area contributed by atoms with E-state index in [0.717, 1.165) is 15.5 Å². The molecule has 1 atom stereocenters. The number of thioether (sulfide) groups is 1. The fourth-order valence-corrected chi connectivity index (χ4v) is 4.58. The summed E-state index contributed by atoms with van der Waals surface area (Å²) in [5, 5.41) is 23.0. The highest BCUT2D eigenvalue weighted by molar-refractivity contribution is 8.00. The first-order chi connectivity index (χ1) is 15.4. The van der Waals surface area contributed by atoms with E-state index in [4.69, 9.17) is 5.26 Å². The monoisotopic (exact) mass is 465 g/mol. The third kappa shape index (κ3) is 6.39. The number of nitrogens with one attached hydrogen (secondary N) is 2. The third-order valence-corrected chi connectivity index (χ3v) is 6.64. The number of amides is 2. The minimum absolute atomic E-state index is 0.109. The van der Waals surface area contributed by atoms with E-state index in [1.165, 1.54) is 23.1 Å². The van der Waals surface area contributed by atoms with E-state index in [1.807, 2.05) is 45.0 Å². The van der Waals surface area contributed by atoms with Crippen molar-refractivity contribution in [1.29, 1.82) is 5.26 Å². The molecule has 0 aliphatic heterocycles. The van der Waals surface area contributed by atoms with Crippen LogP contribution in [0.25, 0.3) is 0 Å². The van der Waals surface area contributed by atoms with Crippen molar-refractivity contribution >= 4 is 40.0 Å². The van der Waals surface area contributed by atoms with Gasteiger partial charge in [-0.3, -0.25) is 14.9 Å². The van der Waals surface area contributed by atoms with Gasteiger partial charge in [0.05, 0.1) is 11.6 Å². The minimum atomic E-state index is -0.707. The van der Waals surface area contributed by atoms with Crippen LogP contribution in [0.2, 0.25) is 0 Å². The molecule has 2 N–H and O–H groups in total. The molecule has 3 rings (SSSR count). The Morgan fingerprint density at radius 1 is 1.16 bits per heavy atom. The Morgan fingerprint density at radius 3 is 2.56 bits per heavy atom. The zero-order valence-electron chi connectivity index (χ0n) is 18.0. The second-order valence-electron chi connectivity index (χ2n) is 7.52. The van der Waals surface area contributed by atoms with Crippen LogP contribution in [0, 0.1) is 24.2 Å². The first-order valence-electron chi connectivity index (χ1n) is 9.99. The number of aryl methyl sites for hydroxylation is 1. The van der Waals surface area contributed by atoms with Crippen molar-refractivity contribution in [3.05, 3.63) is 70.8 Å². The van der Waals surface area contributed by atoms with E-state index in [-0.39, 0.29) is 17.7 Å². The molecule has 164 valence electrons. The van der Waals surface area contributed by atoms with Gasteiger partial charge in [-0.25, -0.2) is 0 Å². The van der Waals surface area contributed by atoms with Gasteiger partial charge in [0, 0.05) is 11.3 Å². The Balaban J connectivity index is 1.58. The van der Waals surface area contributed by atoms with Crippen molar-refractivity contribution in [2.75, 3.05) is 5.32 Å². The summed E-state index contributed by atoms with van der Waals surface area (Å²) in [5.41, 5.74) is 3.17. The summed E-state index contributed by atoms with van der Waals surface area (Å²) in [6.45, 7) is 5.66. The van der Waals surface area contributed by atoms with Crippen molar-refractivity contribution in [1.82, 2.24) is 15.5 Å². The Morgan fingerprint density at radius 2 is 1.91 bits per heavy atom. The molecule has 32 heavy (non-hydrogen) atoms. The predicted molar refractivity (Wildman–Crippen MR) is 127 cm³/mol. The normalized spacial score (nSPS) is 11.6. The van der Waals surface area contributed by atoms with Crippen molar-refractivity contribution in [3.63, 3.8) is 0 Å². The fraction of sp³-hybridized carbons (Fsp3) is 0.261. The second-order valence-corrected chi connectivity index (χ2v) is 9.72. The number of nitrogens with zero attached hydrogens (tertiary/aromatic N) is 3. The van der Waals surface area contributed by atoms with Gasteiger partial charge in [0.25, 0.3) is 5.91 Å². The Hall–Kier alpha value is -3.22. The lowest BCUT2D eigenvalue weighted by Crippen LogP contribution is -2.47. The molecule has 0 radical (unpaired) electrons. The molecule has 0 fully saturated rings. The Kier molecular flexibility index (Phi) is 7.98. The van der Waals surface area contributed by atoms with Crippen LogP contribution < -0.4 is 10.6 Å². The van der Waals surface area contributed by atoms with Gasteiger partial charge in [0.2, 0.25) is 11.0 Å². The zero-order valence-corrected chi connectivity index (χ0v) is 19.6. The van der Waals surface area contributed by atoms with E-state index in [1.54, 1.807) is 24.3 Å². The summed E-state index contributed by atoms with van der Waals surface area (Å²) < 4.78 is 0.717. The van der Waals surface area contributed by atoms with Gasteiger partial charge in [0.1, 0.15) is 6.04 Å². The quantitative estimate of drug-likeness (QED) is 0.377. The molecular formula is C23H23N5O2S2. The number of carbonyl (C=O) groups is 2. The van der Waals surface area contributed by atoms with Gasteiger partial charge in [-0.1, -0.05) is 66.8 Å². The SMILES string of the molecule is Cc1cccc(C(=O)NC(C(=O)Nc2nnc(SCc3ccc(C#N)cc3)s2)C(C)C)c1. The summed E-state index contributed by atoms with van der Waals surface area (Å²) in [5.74, 6) is -0.0590. The maximum absolute atomic E-state index is 12.8. The second kappa shape index (κ2) is 10.9. The highest BCUT2D eigenvalue weighted by Crippen LogP contribution is 2.28. The molecule has 7 nitrogen and oxygen atoms in total. The van der Waals surface area contributed by atoms with Crippen LogP contribution >= 0.6 is 23.1 Å². The van der Waals surface area contributed by atoms with Gasteiger partial charge < -0.3 is 5.32 Å². The van der Waals surface area contributed by atoms with Crippen LogP contribution in [0.3, 0.4) is 0 Å². The summed E-state index contributed by atoms with van der Waals surface area (Å²) in [7, 11) is 0. The first-order valence-corrected chi connectivity index (χ1v) is 11.8. The fourth-order valence-electron chi connectivity index (χ4n) is 2.87. The molecular weight excluding hydrogens is 442 g/mol. The van der Waals surface area contributed by atoms with E-state index < -0.39 is 6.04 Å². The average Bonchev–Trinajstić information content (AvgIpc) is 3.23. The molecule has 2 aromatic carbocycles. The first kappa shape index (κ1) is 23.4. The molecule has 0 aliphatic rings. The summed E-state index contributed by atoms with van der Waals surface area (Å²) in [4.78, 5) is 25.4. The van der Waals surface area contributed by atoms with Crippen LogP contribution in [0.1, 0.15) is 40.9 Å². The number of anilines is 1. The van der Waals surface area contributed by atoms with Gasteiger partial charge in [0.15, 0.2) is 4.34 Å². The smallest absolute Gasteiger partial charge is 0.251 e. The molecule has 1 aromatic heterocycles.